The lowest BCUT2D eigenvalue weighted by atomic mass is 10.1. The second kappa shape index (κ2) is 14.1. The van der Waals surface area contributed by atoms with Gasteiger partial charge in [0.15, 0.2) is 0 Å². The number of unbranched alkanes of at least 4 members (excludes halogenated alkanes) is 2. The molecule has 6 heteroatoms. The van der Waals surface area contributed by atoms with E-state index >= 15 is 0 Å². The summed E-state index contributed by atoms with van der Waals surface area (Å²) < 4.78 is 4.72. The first-order valence-electron chi connectivity index (χ1n) is 9.30. The van der Waals surface area contributed by atoms with E-state index < -0.39 is 12.0 Å². The summed E-state index contributed by atoms with van der Waals surface area (Å²) in [5, 5.41) is 5.52. The van der Waals surface area contributed by atoms with Crippen LogP contribution in [0.1, 0.15) is 59.8 Å². The summed E-state index contributed by atoms with van der Waals surface area (Å²) >= 11 is 0. The Kier molecular flexibility index (Phi) is 13.3. The number of hydrogen-bond acceptors (Lipinski definition) is 4. The van der Waals surface area contributed by atoms with Crippen molar-refractivity contribution in [3.63, 3.8) is 0 Å². The van der Waals surface area contributed by atoms with Crippen molar-refractivity contribution in [2.45, 2.75) is 65.8 Å². The van der Waals surface area contributed by atoms with Crippen molar-refractivity contribution < 1.29 is 14.3 Å². The number of amides is 2. The zero-order valence-corrected chi connectivity index (χ0v) is 16.2. The van der Waals surface area contributed by atoms with E-state index in [1.807, 2.05) is 13.8 Å². The molecule has 142 valence electrons. The number of esters is 1. The fraction of sp³-hybridized carbons (Fsp3) is 0.889. The van der Waals surface area contributed by atoms with Crippen molar-refractivity contribution in [1.29, 1.82) is 0 Å². The first kappa shape index (κ1) is 22.7. The van der Waals surface area contributed by atoms with Gasteiger partial charge in [-0.25, -0.2) is 9.59 Å². The van der Waals surface area contributed by atoms with E-state index in [2.05, 4.69) is 29.4 Å². The lowest BCUT2D eigenvalue weighted by molar-refractivity contribution is -0.143. The molecule has 0 aliphatic heterocycles. The third-order valence-electron chi connectivity index (χ3n) is 4.00. The second-order valence-electron chi connectivity index (χ2n) is 6.55. The molecule has 0 aliphatic carbocycles. The molecule has 0 saturated carbocycles. The second-order valence-corrected chi connectivity index (χ2v) is 6.55. The lowest BCUT2D eigenvalue weighted by Crippen LogP contribution is -2.49. The van der Waals surface area contributed by atoms with Crippen LogP contribution in [-0.2, 0) is 9.53 Å². The Morgan fingerprint density at radius 1 is 1.00 bits per heavy atom. The van der Waals surface area contributed by atoms with Crippen molar-refractivity contribution in [3.8, 4) is 0 Å². The maximum atomic E-state index is 11.9. The predicted molar refractivity (Wildman–Crippen MR) is 98.0 cm³/mol. The highest BCUT2D eigenvalue weighted by Crippen LogP contribution is 2.03. The number of methoxy groups -OCH3 is 1. The van der Waals surface area contributed by atoms with Gasteiger partial charge in [0, 0.05) is 6.54 Å². The quantitative estimate of drug-likeness (QED) is 0.398. The van der Waals surface area contributed by atoms with E-state index in [0.29, 0.717) is 6.54 Å². The molecular weight excluding hydrogens is 306 g/mol. The van der Waals surface area contributed by atoms with Gasteiger partial charge in [0.05, 0.1) is 7.11 Å². The number of nitrogens with zero attached hydrogens (tertiary/aromatic N) is 1. The molecule has 0 rings (SSSR count). The number of nitrogens with one attached hydrogen (secondary N) is 2. The Morgan fingerprint density at radius 3 is 2.00 bits per heavy atom. The van der Waals surface area contributed by atoms with Gasteiger partial charge in [-0.1, -0.05) is 40.5 Å². The molecule has 2 amide bonds. The average molecular weight is 344 g/mol. The van der Waals surface area contributed by atoms with Gasteiger partial charge >= 0.3 is 12.0 Å². The number of rotatable bonds is 13. The fourth-order valence-electron chi connectivity index (χ4n) is 2.42. The average Bonchev–Trinajstić information content (AvgIpc) is 2.57. The van der Waals surface area contributed by atoms with Crippen LogP contribution in [0.4, 0.5) is 4.79 Å². The molecular formula is C18H37N3O3. The molecule has 0 aliphatic rings. The number of hydrogen-bond donors (Lipinski definition) is 2. The van der Waals surface area contributed by atoms with Gasteiger partial charge in [0.1, 0.15) is 6.04 Å². The molecule has 1 unspecified atom stereocenters. The molecule has 0 spiro atoms. The van der Waals surface area contributed by atoms with E-state index in [1.54, 1.807) is 0 Å². The highest BCUT2D eigenvalue weighted by Gasteiger charge is 2.24. The van der Waals surface area contributed by atoms with E-state index in [0.717, 1.165) is 26.1 Å². The summed E-state index contributed by atoms with van der Waals surface area (Å²) in [6.07, 6.45) is 5.74. The minimum absolute atomic E-state index is 0.0122. The summed E-state index contributed by atoms with van der Waals surface area (Å²) in [7, 11) is 1.33. The molecule has 0 radical (unpaired) electrons. The molecule has 2 N–H and O–H groups in total. The van der Waals surface area contributed by atoms with Gasteiger partial charge in [-0.05, 0) is 44.8 Å². The van der Waals surface area contributed by atoms with Crippen molar-refractivity contribution in [3.05, 3.63) is 0 Å². The Labute approximate surface area is 147 Å². The third kappa shape index (κ3) is 10.5. The number of carbonyl (C=O) groups is 2. The molecule has 1 atom stereocenters. The van der Waals surface area contributed by atoms with Gasteiger partial charge in [-0.15, -0.1) is 0 Å². The highest BCUT2D eigenvalue weighted by molar-refractivity contribution is 5.83. The number of urea groups is 1. The first-order chi connectivity index (χ1) is 11.5. The van der Waals surface area contributed by atoms with Crippen molar-refractivity contribution >= 4 is 12.0 Å². The highest BCUT2D eigenvalue weighted by atomic mass is 16.5. The van der Waals surface area contributed by atoms with Crippen LogP contribution in [0.5, 0.6) is 0 Å². The van der Waals surface area contributed by atoms with Gasteiger partial charge in [-0.3, -0.25) is 0 Å². The molecule has 0 aromatic heterocycles. The molecule has 0 heterocycles. The lowest BCUT2D eigenvalue weighted by Gasteiger charge is -2.22. The molecule has 0 saturated heterocycles. The Balaban J connectivity index is 4.09. The van der Waals surface area contributed by atoms with Crippen LogP contribution in [0, 0.1) is 5.92 Å². The Hall–Kier alpha value is -1.30. The van der Waals surface area contributed by atoms with E-state index in [1.165, 1.54) is 32.8 Å². The summed E-state index contributed by atoms with van der Waals surface area (Å²) in [5.74, 6) is -0.424. The van der Waals surface area contributed by atoms with Gasteiger partial charge in [0.2, 0.25) is 0 Å². The topological polar surface area (TPSA) is 70.7 Å². The molecule has 0 bridgehead atoms. The Bertz CT molecular complexity index is 340. The zero-order valence-electron chi connectivity index (χ0n) is 16.2. The Morgan fingerprint density at radius 2 is 1.54 bits per heavy atom. The van der Waals surface area contributed by atoms with Crippen molar-refractivity contribution in [1.82, 2.24) is 15.5 Å². The van der Waals surface area contributed by atoms with Crippen LogP contribution in [-0.4, -0.2) is 56.2 Å². The molecule has 0 aromatic carbocycles. The zero-order chi connectivity index (χ0) is 18.4. The van der Waals surface area contributed by atoms with E-state index in [4.69, 9.17) is 4.74 Å². The number of carbonyl (C=O) groups excluding carboxylic acids is 2. The molecule has 0 fully saturated rings. The largest absolute Gasteiger partial charge is 0.467 e. The predicted octanol–water partition coefficient (Wildman–Crippen LogP) is 2.78. The van der Waals surface area contributed by atoms with Crippen molar-refractivity contribution in [2.75, 3.05) is 33.3 Å². The van der Waals surface area contributed by atoms with Crippen LogP contribution in [0.25, 0.3) is 0 Å². The fourth-order valence-corrected chi connectivity index (χ4v) is 2.42. The molecule has 0 aromatic rings. The van der Waals surface area contributed by atoms with Gasteiger partial charge < -0.3 is 20.3 Å². The minimum atomic E-state index is -0.611. The number of ether oxygens (including phenoxy) is 1. The van der Waals surface area contributed by atoms with Crippen LogP contribution < -0.4 is 10.6 Å². The molecule has 24 heavy (non-hydrogen) atoms. The van der Waals surface area contributed by atoms with Crippen molar-refractivity contribution in [2.24, 2.45) is 5.92 Å². The maximum Gasteiger partial charge on any atom is 0.328 e. The third-order valence-corrected chi connectivity index (χ3v) is 4.00. The van der Waals surface area contributed by atoms with Crippen LogP contribution in [0.15, 0.2) is 0 Å². The summed E-state index contributed by atoms with van der Waals surface area (Å²) in [6.45, 7) is 12.0. The first-order valence-corrected chi connectivity index (χ1v) is 9.30. The van der Waals surface area contributed by atoms with Gasteiger partial charge in [-0.2, -0.15) is 0 Å². The molecule has 6 nitrogen and oxygen atoms in total. The minimum Gasteiger partial charge on any atom is -0.467 e. The van der Waals surface area contributed by atoms with E-state index in [9.17, 15) is 9.59 Å². The maximum absolute atomic E-state index is 11.9. The SMILES string of the molecule is CCCCN(CCCC)CCCNC(=O)NC(C(=O)OC)C(C)C. The van der Waals surface area contributed by atoms with Crippen LogP contribution in [0.3, 0.4) is 0 Å². The van der Waals surface area contributed by atoms with E-state index in [-0.39, 0.29) is 11.9 Å². The summed E-state index contributed by atoms with van der Waals surface area (Å²) in [5.41, 5.74) is 0. The van der Waals surface area contributed by atoms with Crippen LogP contribution >= 0.6 is 0 Å². The summed E-state index contributed by atoms with van der Waals surface area (Å²) in [6, 6.07) is -0.923. The van der Waals surface area contributed by atoms with Gasteiger partial charge in [0.25, 0.3) is 0 Å². The standard InChI is InChI=1S/C18H37N3O3/c1-6-8-12-21(13-9-7-2)14-10-11-19-18(23)20-16(15(3)4)17(22)24-5/h15-16H,6-14H2,1-5H3,(H2,19,20,23). The normalized spacial score (nSPS) is 12.3. The monoisotopic (exact) mass is 343 g/mol. The summed E-state index contributed by atoms with van der Waals surface area (Å²) in [4.78, 5) is 26.0. The van der Waals surface area contributed by atoms with Crippen LogP contribution in [0.2, 0.25) is 0 Å². The smallest absolute Gasteiger partial charge is 0.328 e.